The Morgan fingerprint density at radius 3 is 3.12 bits per heavy atom. The van der Waals surface area contributed by atoms with Crippen LogP contribution in [0.2, 0.25) is 0 Å². The van der Waals surface area contributed by atoms with E-state index in [0.717, 1.165) is 25.1 Å². The summed E-state index contributed by atoms with van der Waals surface area (Å²) in [5.74, 6) is 0.587. The van der Waals surface area contributed by atoms with Crippen LogP contribution in [-0.2, 0) is 0 Å². The van der Waals surface area contributed by atoms with Gasteiger partial charge in [-0.1, -0.05) is 12.1 Å². The summed E-state index contributed by atoms with van der Waals surface area (Å²) in [6.45, 7) is 3.74. The first-order valence-corrected chi connectivity index (χ1v) is 5.50. The summed E-state index contributed by atoms with van der Waals surface area (Å²) >= 11 is 0. The molecule has 1 amide bonds. The van der Waals surface area contributed by atoms with E-state index in [1.165, 1.54) is 0 Å². The number of aryl methyl sites for hydroxylation is 1. The van der Waals surface area contributed by atoms with Crippen molar-refractivity contribution in [3.63, 3.8) is 0 Å². The molecule has 1 atom stereocenters. The molecule has 1 aromatic carbocycles. The van der Waals surface area contributed by atoms with E-state index < -0.39 is 0 Å². The first-order chi connectivity index (χ1) is 7.74. The van der Waals surface area contributed by atoms with Crippen LogP contribution in [0.4, 0.5) is 4.79 Å². The summed E-state index contributed by atoms with van der Waals surface area (Å²) in [4.78, 5) is 11.5. The molecular formula is C12H16N2O2. The summed E-state index contributed by atoms with van der Waals surface area (Å²) in [5, 5.41) is 6.00. The number of rotatable bonds is 2. The van der Waals surface area contributed by atoms with Gasteiger partial charge in [-0.15, -0.1) is 0 Å². The Labute approximate surface area is 95.0 Å². The van der Waals surface area contributed by atoms with Crippen molar-refractivity contribution in [3.05, 3.63) is 29.8 Å². The predicted octanol–water partition coefficient (Wildman–Crippen LogP) is 1.45. The molecule has 1 aliphatic rings. The van der Waals surface area contributed by atoms with Gasteiger partial charge in [-0.2, -0.15) is 0 Å². The molecule has 0 aliphatic carbocycles. The van der Waals surface area contributed by atoms with Gasteiger partial charge >= 0.3 is 6.09 Å². The molecule has 1 aromatic rings. The van der Waals surface area contributed by atoms with Crippen LogP contribution < -0.4 is 15.4 Å². The highest BCUT2D eigenvalue weighted by Gasteiger charge is 2.17. The Balaban J connectivity index is 1.86. The van der Waals surface area contributed by atoms with Gasteiger partial charge in [0.1, 0.15) is 5.75 Å². The number of hydrogen-bond donors (Lipinski definition) is 2. The van der Waals surface area contributed by atoms with Crippen LogP contribution in [-0.4, -0.2) is 25.2 Å². The van der Waals surface area contributed by atoms with Crippen LogP contribution in [0.5, 0.6) is 5.75 Å². The van der Waals surface area contributed by atoms with Gasteiger partial charge in [0.25, 0.3) is 0 Å². The second-order valence-electron chi connectivity index (χ2n) is 4.04. The Hall–Kier alpha value is -1.55. The fourth-order valence-corrected chi connectivity index (χ4v) is 1.76. The Bertz CT molecular complexity index is 373. The molecule has 4 nitrogen and oxygen atoms in total. The fraction of sp³-hybridized carbons (Fsp3) is 0.417. The molecule has 2 N–H and O–H groups in total. The molecule has 4 heteroatoms. The molecule has 1 aliphatic heterocycles. The maximum atomic E-state index is 11.5. The molecule has 1 saturated heterocycles. The lowest BCUT2D eigenvalue weighted by Crippen LogP contribution is -2.38. The Morgan fingerprint density at radius 2 is 2.44 bits per heavy atom. The van der Waals surface area contributed by atoms with Crippen molar-refractivity contribution in [2.45, 2.75) is 19.4 Å². The average Bonchev–Trinajstić information content (AvgIpc) is 2.70. The minimum absolute atomic E-state index is 0.192. The highest BCUT2D eigenvalue weighted by atomic mass is 16.6. The maximum absolute atomic E-state index is 11.5. The lowest BCUT2D eigenvalue weighted by Gasteiger charge is -2.11. The van der Waals surface area contributed by atoms with Crippen molar-refractivity contribution < 1.29 is 9.53 Å². The summed E-state index contributed by atoms with van der Waals surface area (Å²) in [5.41, 5.74) is 1.08. The molecular weight excluding hydrogens is 204 g/mol. The molecule has 16 heavy (non-hydrogen) atoms. The van der Waals surface area contributed by atoms with Gasteiger partial charge in [0.05, 0.1) is 0 Å². The molecule has 86 valence electrons. The van der Waals surface area contributed by atoms with Gasteiger partial charge in [0.2, 0.25) is 0 Å². The summed E-state index contributed by atoms with van der Waals surface area (Å²) in [6, 6.07) is 7.64. The number of amides is 1. The Morgan fingerprint density at radius 1 is 1.56 bits per heavy atom. The molecule has 0 radical (unpaired) electrons. The Kier molecular flexibility index (Phi) is 3.41. The van der Waals surface area contributed by atoms with E-state index in [9.17, 15) is 4.79 Å². The molecule has 1 heterocycles. The van der Waals surface area contributed by atoms with Crippen molar-refractivity contribution in [3.8, 4) is 5.75 Å². The highest BCUT2D eigenvalue weighted by Crippen LogP contribution is 2.12. The zero-order valence-electron chi connectivity index (χ0n) is 9.32. The largest absolute Gasteiger partial charge is 0.412 e. The van der Waals surface area contributed by atoms with E-state index in [0.29, 0.717) is 5.75 Å². The highest BCUT2D eigenvalue weighted by molar-refractivity contribution is 5.70. The fourth-order valence-electron chi connectivity index (χ4n) is 1.76. The molecule has 0 spiro atoms. The summed E-state index contributed by atoms with van der Waals surface area (Å²) in [7, 11) is 0. The third-order valence-corrected chi connectivity index (χ3v) is 2.58. The van der Waals surface area contributed by atoms with E-state index in [4.69, 9.17) is 4.74 Å². The minimum Gasteiger partial charge on any atom is -0.410 e. The van der Waals surface area contributed by atoms with Gasteiger partial charge in [-0.25, -0.2) is 4.79 Å². The summed E-state index contributed by atoms with van der Waals surface area (Å²) < 4.78 is 5.18. The van der Waals surface area contributed by atoms with E-state index in [1.807, 2.05) is 25.1 Å². The zero-order valence-corrected chi connectivity index (χ0v) is 9.32. The third-order valence-electron chi connectivity index (χ3n) is 2.58. The van der Waals surface area contributed by atoms with Gasteiger partial charge in [0.15, 0.2) is 0 Å². The summed E-state index contributed by atoms with van der Waals surface area (Å²) in [6.07, 6.45) is 0.586. The van der Waals surface area contributed by atoms with Crippen LogP contribution in [0.15, 0.2) is 24.3 Å². The first-order valence-electron chi connectivity index (χ1n) is 5.50. The monoisotopic (exact) mass is 220 g/mol. The van der Waals surface area contributed by atoms with Crippen LogP contribution in [0, 0.1) is 6.92 Å². The smallest absolute Gasteiger partial charge is 0.410 e. The molecule has 2 rings (SSSR count). The predicted molar refractivity (Wildman–Crippen MR) is 61.6 cm³/mol. The molecule has 0 saturated carbocycles. The number of carbonyl (C=O) groups excluding carboxylic acids is 1. The average molecular weight is 220 g/mol. The maximum Gasteiger partial charge on any atom is 0.412 e. The number of ether oxygens (including phenoxy) is 1. The normalized spacial score (nSPS) is 19.4. The molecule has 1 unspecified atom stereocenters. The zero-order chi connectivity index (χ0) is 11.4. The van der Waals surface area contributed by atoms with Gasteiger partial charge in [-0.05, 0) is 37.6 Å². The number of hydrogen-bond acceptors (Lipinski definition) is 3. The topological polar surface area (TPSA) is 50.4 Å². The third kappa shape index (κ3) is 2.97. The van der Waals surface area contributed by atoms with E-state index >= 15 is 0 Å². The van der Waals surface area contributed by atoms with Crippen LogP contribution in [0.1, 0.15) is 12.0 Å². The van der Waals surface area contributed by atoms with Crippen molar-refractivity contribution in [1.29, 1.82) is 0 Å². The quantitative estimate of drug-likeness (QED) is 0.793. The van der Waals surface area contributed by atoms with E-state index in [1.54, 1.807) is 6.07 Å². The number of benzene rings is 1. The van der Waals surface area contributed by atoms with Crippen LogP contribution in [0.3, 0.4) is 0 Å². The SMILES string of the molecule is Cc1cccc(OC(=O)NC2CCNC2)c1. The minimum atomic E-state index is -0.376. The first kappa shape index (κ1) is 11.0. The second-order valence-corrected chi connectivity index (χ2v) is 4.04. The van der Waals surface area contributed by atoms with Crippen LogP contribution in [0.25, 0.3) is 0 Å². The number of carbonyl (C=O) groups is 1. The van der Waals surface area contributed by atoms with Gasteiger partial charge < -0.3 is 15.4 Å². The van der Waals surface area contributed by atoms with Crippen molar-refractivity contribution in [2.75, 3.05) is 13.1 Å². The van der Waals surface area contributed by atoms with E-state index in [2.05, 4.69) is 10.6 Å². The molecule has 0 aromatic heterocycles. The lowest BCUT2D eigenvalue weighted by atomic mass is 10.2. The lowest BCUT2D eigenvalue weighted by molar-refractivity contribution is 0.197. The van der Waals surface area contributed by atoms with Crippen LogP contribution >= 0.6 is 0 Å². The van der Waals surface area contributed by atoms with Crippen molar-refractivity contribution in [2.24, 2.45) is 0 Å². The molecule has 0 bridgehead atoms. The van der Waals surface area contributed by atoms with E-state index in [-0.39, 0.29) is 12.1 Å². The number of nitrogens with one attached hydrogen (secondary N) is 2. The van der Waals surface area contributed by atoms with Gasteiger partial charge in [0, 0.05) is 12.6 Å². The van der Waals surface area contributed by atoms with Gasteiger partial charge in [-0.3, -0.25) is 0 Å². The van der Waals surface area contributed by atoms with Crippen molar-refractivity contribution >= 4 is 6.09 Å². The molecule has 1 fully saturated rings. The van der Waals surface area contributed by atoms with Crippen molar-refractivity contribution in [1.82, 2.24) is 10.6 Å². The second kappa shape index (κ2) is 4.99. The standard InChI is InChI=1S/C12H16N2O2/c1-9-3-2-4-11(7-9)16-12(15)14-10-5-6-13-8-10/h2-4,7,10,13H,5-6,8H2,1H3,(H,14,15).